The number of unbranched alkanes of at least 4 members (excludes halogenated alkanes) is 1. The van der Waals surface area contributed by atoms with Gasteiger partial charge < -0.3 is 10.5 Å². The second kappa shape index (κ2) is 8.08. The molecule has 0 radical (unpaired) electrons. The van der Waals surface area contributed by atoms with Gasteiger partial charge in [0, 0.05) is 0 Å². The van der Waals surface area contributed by atoms with E-state index in [0.29, 0.717) is 12.2 Å². The van der Waals surface area contributed by atoms with Crippen molar-refractivity contribution in [3.05, 3.63) is 71.6 Å². The molecule has 0 bridgehead atoms. The first-order chi connectivity index (χ1) is 10.3. The van der Waals surface area contributed by atoms with E-state index in [0.717, 1.165) is 25.0 Å². The molecule has 3 heteroatoms. The quantitative estimate of drug-likeness (QED) is 0.599. The van der Waals surface area contributed by atoms with Crippen molar-refractivity contribution in [3.8, 4) is 5.75 Å². The summed E-state index contributed by atoms with van der Waals surface area (Å²) in [7, 11) is 0. The maximum absolute atomic E-state index is 6.97. The fourth-order valence-electron chi connectivity index (χ4n) is 2.20. The molecule has 108 valence electrons. The zero-order valence-electron chi connectivity index (χ0n) is 12.0. The van der Waals surface area contributed by atoms with Gasteiger partial charge in [-0.05, 0) is 43.5 Å². The van der Waals surface area contributed by atoms with Gasteiger partial charge in [-0.2, -0.15) is 0 Å². The molecule has 0 aliphatic carbocycles. The van der Waals surface area contributed by atoms with Gasteiger partial charge in [0.1, 0.15) is 11.9 Å². The fourth-order valence-corrected chi connectivity index (χ4v) is 2.20. The van der Waals surface area contributed by atoms with Crippen LogP contribution >= 0.6 is 0 Å². The minimum atomic E-state index is 0.0246. The first kappa shape index (κ1) is 15.1. The van der Waals surface area contributed by atoms with Gasteiger partial charge in [0.2, 0.25) is 0 Å². The molecule has 2 N–H and O–H groups in total. The first-order valence-corrected chi connectivity index (χ1v) is 7.22. The molecule has 21 heavy (non-hydrogen) atoms. The zero-order chi connectivity index (χ0) is 14.9. The number of nitrogens with two attached hydrogens (primary N) is 1. The van der Waals surface area contributed by atoms with Gasteiger partial charge in [0.25, 0.3) is 0 Å². The Morgan fingerprint density at radius 3 is 2.33 bits per heavy atom. The second-order valence-corrected chi connectivity index (χ2v) is 4.91. The van der Waals surface area contributed by atoms with E-state index in [-0.39, 0.29) is 6.10 Å². The summed E-state index contributed by atoms with van der Waals surface area (Å²) in [6.07, 6.45) is 3.00. The summed E-state index contributed by atoms with van der Waals surface area (Å²) in [5, 5.41) is 0. The van der Waals surface area contributed by atoms with Gasteiger partial charge in [0.15, 0.2) is 5.69 Å². The van der Waals surface area contributed by atoms with Crippen LogP contribution in [0, 0.1) is 6.57 Å². The lowest BCUT2D eigenvalue weighted by molar-refractivity contribution is 0.191. The van der Waals surface area contributed by atoms with E-state index in [4.69, 9.17) is 17.0 Å². The van der Waals surface area contributed by atoms with Crippen molar-refractivity contribution in [2.75, 3.05) is 6.54 Å². The van der Waals surface area contributed by atoms with Crippen LogP contribution in [0.5, 0.6) is 5.75 Å². The molecule has 0 amide bonds. The fraction of sp³-hybridized carbons (Fsp3) is 0.278. The Bertz CT molecular complexity index is 572. The predicted molar refractivity (Wildman–Crippen MR) is 85.4 cm³/mol. The lowest BCUT2D eigenvalue weighted by atomic mass is 10.0. The largest absolute Gasteiger partial charge is 0.486 e. The van der Waals surface area contributed by atoms with Crippen molar-refractivity contribution in [3.63, 3.8) is 0 Å². The first-order valence-electron chi connectivity index (χ1n) is 7.22. The highest BCUT2D eigenvalue weighted by Crippen LogP contribution is 2.27. The van der Waals surface area contributed by atoms with Crippen LogP contribution in [0.1, 0.15) is 30.9 Å². The summed E-state index contributed by atoms with van der Waals surface area (Å²) in [4.78, 5) is 3.39. The van der Waals surface area contributed by atoms with E-state index in [9.17, 15) is 0 Å². The average Bonchev–Trinajstić information content (AvgIpc) is 2.55. The molecular formula is C18H20N2O. The maximum Gasteiger partial charge on any atom is 0.187 e. The molecule has 0 spiro atoms. The lowest BCUT2D eigenvalue weighted by Crippen LogP contribution is -2.09. The van der Waals surface area contributed by atoms with Crippen LogP contribution in [0.2, 0.25) is 0 Å². The highest BCUT2D eigenvalue weighted by Gasteiger charge is 2.12. The summed E-state index contributed by atoms with van der Waals surface area (Å²) in [6, 6.07) is 17.5. The van der Waals surface area contributed by atoms with E-state index >= 15 is 0 Å². The number of ether oxygens (including phenoxy) is 1. The summed E-state index contributed by atoms with van der Waals surface area (Å²) in [6.45, 7) is 7.68. The monoisotopic (exact) mass is 280 g/mol. The number of hydrogen-bond acceptors (Lipinski definition) is 2. The van der Waals surface area contributed by atoms with Crippen LogP contribution in [0.3, 0.4) is 0 Å². The van der Waals surface area contributed by atoms with Crippen molar-refractivity contribution in [2.24, 2.45) is 5.73 Å². The van der Waals surface area contributed by atoms with E-state index in [1.807, 2.05) is 30.3 Å². The van der Waals surface area contributed by atoms with Crippen LogP contribution in [-0.2, 0) is 0 Å². The SMILES string of the molecule is [C-]#[N+]c1ccc(OC(CCCCN)c2ccccc2)cc1. The molecule has 1 unspecified atom stereocenters. The predicted octanol–water partition coefficient (Wildman–Crippen LogP) is 4.49. The highest BCUT2D eigenvalue weighted by atomic mass is 16.5. The third-order valence-electron chi connectivity index (χ3n) is 3.34. The van der Waals surface area contributed by atoms with E-state index in [1.165, 1.54) is 5.56 Å². The molecule has 1 atom stereocenters. The molecule has 0 saturated heterocycles. The molecule has 0 heterocycles. The second-order valence-electron chi connectivity index (χ2n) is 4.91. The topological polar surface area (TPSA) is 39.6 Å². The number of nitrogens with zero attached hydrogens (tertiary/aromatic N) is 1. The highest BCUT2D eigenvalue weighted by molar-refractivity contribution is 5.47. The van der Waals surface area contributed by atoms with Gasteiger partial charge in [0.05, 0.1) is 6.57 Å². The van der Waals surface area contributed by atoms with Crippen molar-refractivity contribution in [1.82, 2.24) is 0 Å². The van der Waals surface area contributed by atoms with Crippen LogP contribution < -0.4 is 10.5 Å². The average molecular weight is 280 g/mol. The molecule has 3 nitrogen and oxygen atoms in total. The number of rotatable bonds is 7. The van der Waals surface area contributed by atoms with Gasteiger partial charge in [-0.3, -0.25) is 0 Å². The number of benzene rings is 2. The Hall–Kier alpha value is -2.31. The zero-order valence-corrected chi connectivity index (χ0v) is 12.0. The Morgan fingerprint density at radius 2 is 1.71 bits per heavy atom. The van der Waals surface area contributed by atoms with E-state index in [2.05, 4.69) is 17.0 Å². The van der Waals surface area contributed by atoms with Crippen molar-refractivity contribution < 1.29 is 4.74 Å². The van der Waals surface area contributed by atoms with Crippen molar-refractivity contribution in [2.45, 2.75) is 25.4 Å². The van der Waals surface area contributed by atoms with E-state index < -0.39 is 0 Å². The molecular weight excluding hydrogens is 260 g/mol. The van der Waals surface area contributed by atoms with Crippen molar-refractivity contribution in [1.29, 1.82) is 0 Å². The molecule has 0 aliphatic heterocycles. The van der Waals surface area contributed by atoms with E-state index in [1.54, 1.807) is 12.1 Å². The van der Waals surface area contributed by atoms with Gasteiger partial charge in [-0.25, -0.2) is 4.85 Å². The third-order valence-corrected chi connectivity index (χ3v) is 3.34. The lowest BCUT2D eigenvalue weighted by Gasteiger charge is -2.19. The van der Waals surface area contributed by atoms with Crippen LogP contribution in [0.25, 0.3) is 4.85 Å². The Balaban J connectivity index is 2.09. The summed E-state index contributed by atoms with van der Waals surface area (Å²) >= 11 is 0. The Kier molecular flexibility index (Phi) is 5.81. The van der Waals surface area contributed by atoms with Crippen LogP contribution in [0.4, 0.5) is 5.69 Å². The third kappa shape index (κ3) is 4.62. The maximum atomic E-state index is 6.97. The van der Waals surface area contributed by atoms with Gasteiger partial charge in [-0.1, -0.05) is 42.5 Å². The Morgan fingerprint density at radius 1 is 1.00 bits per heavy atom. The molecule has 0 fully saturated rings. The molecule has 0 aromatic heterocycles. The molecule has 2 rings (SSSR count). The van der Waals surface area contributed by atoms with Crippen LogP contribution in [0.15, 0.2) is 54.6 Å². The molecule has 0 saturated carbocycles. The van der Waals surface area contributed by atoms with Gasteiger partial charge in [-0.15, -0.1) is 0 Å². The summed E-state index contributed by atoms with van der Waals surface area (Å²) in [5.41, 5.74) is 7.37. The number of hydrogen-bond donors (Lipinski definition) is 1. The summed E-state index contributed by atoms with van der Waals surface area (Å²) in [5.74, 6) is 0.795. The van der Waals surface area contributed by atoms with Crippen molar-refractivity contribution >= 4 is 5.69 Å². The normalized spacial score (nSPS) is 11.6. The van der Waals surface area contributed by atoms with Crippen LogP contribution in [-0.4, -0.2) is 6.54 Å². The van der Waals surface area contributed by atoms with Gasteiger partial charge >= 0.3 is 0 Å². The molecule has 2 aromatic carbocycles. The Labute approximate surface area is 126 Å². The minimum Gasteiger partial charge on any atom is -0.486 e. The molecule has 0 aliphatic rings. The standard InChI is InChI=1S/C18H20N2O/c1-20-16-10-12-17(13-11-16)21-18(9-5-6-14-19)15-7-3-2-4-8-15/h2-4,7-8,10-13,18H,5-6,9,14,19H2. The summed E-state index contributed by atoms with van der Waals surface area (Å²) < 4.78 is 6.10. The smallest absolute Gasteiger partial charge is 0.187 e. The minimum absolute atomic E-state index is 0.0246. The molecule has 2 aromatic rings.